The molecular formula is C15H20N2O3. The molecule has 1 aromatic carbocycles. The molecule has 1 aliphatic rings. The van der Waals surface area contributed by atoms with Crippen molar-refractivity contribution in [2.45, 2.75) is 31.8 Å². The molecule has 20 heavy (non-hydrogen) atoms. The Morgan fingerprint density at radius 2 is 2.05 bits per heavy atom. The van der Waals surface area contributed by atoms with E-state index in [0.717, 1.165) is 24.9 Å². The summed E-state index contributed by atoms with van der Waals surface area (Å²) in [6, 6.07) is 6.91. The minimum absolute atomic E-state index is 0.0343. The number of methoxy groups -OCH3 is 1. The highest BCUT2D eigenvalue weighted by Gasteiger charge is 2.23. The van der Waals surface area contributed by atoms with Gasteiger partial charge in [-0.2, -0.15) is 0 Å². The van der Waals surface area contributed by atoms with Crippen molar-refractivity contribution in [3.05, 3.63) is 35.4 Å². The van der Waals surface area contributed by atoms with E-state index in [-0.39, 0.29) is 24.0 Å². The predicted octanol–water partition coefficient (Wildman–Crippen LogP) is 1.40. The molecular weight excluding hydrogens is 256 g/mol. The standard InChI is InChI=1S/C15H20N2O3/c1-10(17-14(18)13-4-3-9-16-13)11-5-7-12(8-6-11)15(19)20-2/h5-8,10,13,16H,3-4,9H2,1-2H3,(H,17,18)/t10-,13?/m0/s1. The SMILES string of the molecule is COC(=O)c1ccc([C@H](C)NC(=O)C2CCCN2)cc1. The highest BCUT2D eigenvalue weighted by atomic mass is 16.5. The van der Waals surface area contributed by atoms with Crippen molar-refractivity contribution in [2.75, 3.05) is 13.7 Å². The molecule has 108 valence electrons. The number of esters is 1. The molecule has 5 heteroatoms. The van der Waals surface area contributed by atoms with Crippen LogP contribution in [0.4, 0.5) is 0 Å². The van der Waals surface area contributed by atoms with Crippen LogP contribution in [0.1, 0.15) is 41.7 Å². The van der Waals surface area contributed by atoms with Crippen molar-refractivity contribution in [2.24, 2.45) is 0 Å². The van der Waals surface area contributed by atoms with Crippen LogP contribution in [-0.2, 0) is 9.53 Å². The van der Waals surface area contributed by atoms with Gasteiger partial charge in [-0.15, -0.1) is 0 Å². The van der Waals surface area contributed by atoms with E-state index in [9.17, 15) is 9.59 Å². The molecule has 0 bridgehead atoms. The molecule has 0 spiro atoms. The molecule has 0 aliphatic carbocycles. The number of ether oxygens (including phenoxy) is 1. The summed E-state index contributed by atoms with van der Waals surface area (Å²) in [7, 11) is 1.35. The maximum atomic E-state index is 12.0. The van der Waals surface area contributed by atoms with Gasteiger partial charge in [-0.3, -0.25) is 4.79 Å². The quantitative estimate of drug-likeness (QED) is 0.816. The van der Waals surface area contributed by atoms with Gasteiger partial charge in [0.1, 0.15) is 0 Å². The summed E-state index contributed by atoms with van der Waals surface area (Å²) in [6.07, 6.45) is 1.93. The molecule has 0 radical (unpaired) electrons. The molecule has 5 nitrogen and oxygen atoms in total. The summed E-state index contributed by atoms with van der Waals surface area (Å²) >= 11 is 0. The number of carbonyl (C=O) groups excluding carboxylic acids is 2. The van der Waals surface area contributed by atoms with E-state index in [1.807, 2.05) is 19.1 Å². The fraction of sp³-hybridized carbons (Fsp3) is 0.467. The molecule has 2 atom stereocenters. The van der Waals surface area contributed by atoms with Gasteiger partial charge in [-0.05, 0) is 44.0 Å². The van der Waals surface area contributed by atoms with Gasteiger partial charge >= 0.3 is 5.97 Å². The lowest BCUT2D eigenvalue weighted by Crippen LogP contribution is -2.41. The molecule has 0 saturated carbocycles. The van der Waals surface area contributed by atoms with Gasteiger partial charge in [-0.25, -0.2) is 4.79 Å². The van der Waals surface area contributed by atoms with Crippen molar-refractivity contribution in [1.82, 2.24) is 10.6 Å². The topological polar surface area (TPSA) is 67.4 Å². The first-order valence-corrected chi connectivity index (χ1v) is 6.84. The normalized spacial score (nSPS) is 19.4. The Morgan fingerprint density at radius 3 is 2.60 bits per heavy atom. The van der Waals surface area contributed by atoms with E-state index >= 15 is 0 Å². The number of rotatable bonds is 4. The number of carbonyl (C=O) groups is 2. The van der Waals surface area contributed by atoms with E-state index < -0.39 is 0 Å². The van der Waals surface area contributed by atoms with E-state index in [0.29, 0.717) is 5.56 Å². The number of nitrogens with one attached hydrogen (secondary N) is 2. The van der Waals surface area contributed by atoms with E-state index in [1.165, 1.54) is 7.11 Å². The summed E-state index contributed by atoms with van der Waals surface area (Å²) < 4.78 is 4.65. The van der Waals surface area contributed by atoms with Gasteiger partial charge in [0.25, 0.3) is 0 Å². The molecule has 0 aromatic heterocycles. The Hall–Kier alpha value is -1.88. The van der Waals surface area contributed by atoms with Crippen LogP contribution in [0, 0.1) is 0 Å². The first-order chi connectivity index (χ1) is 9.61. The summed E-state index contributed by atoms with van der Waals surface area (Å²) in [4.78, 5) is 23.3. The molecule has 1 aromatic rings. The second kappa shape index (κ2) is 6.52. The lowest BCUT2D eigenvalue weighted by Gasteiger charge is -2.17. The summed E-state index contributed by atoms with van der Waals surface area (Å²) in [5.41, 5.74) is 1.47. The molecule has 2 rings (SSSR count). The smallest absolute Gasteiger partial charge is 0.337 e. The molecule has 1 fully saturated rings. The van der Waals surface area contributed by atoms with Crippen molar-refractivity contribution in [1.29, 1.82) is 0 Å². The maximum Gasteiger partial charge on any atom is 0.337 e. The summed E-state index contributed by atoms with van der Waals surface area (Å²) in [5.74, 6) is -0.324. The third kappa shape index (κ3) is 3.36. The summed E-state index contributed by atoms with van der Waals surface area (Å²) in [5, 5.41) is 6.15. The minimum atomic E-state index is -0.358. The Kier molecular flexibility index (Phi) is 4.74. The largest absolute Gasteiger partial charge is 0.465 e. The third-order valence-electron chi connectivity index (χ3n) is 3.57. The van der Waals surface area contributed by atoms with E-state index in [1.54, 1.807) is 12.1 Å². The van der Waals surface area contributed by atoms with Crippen LogP contribution in [-0.4, -0.2) is 31.6 Å². The average molecular weight is 276 g/mol. The number of hydrogen-bond acceptors (Lipinski definition) is 4. The zero-order chi connectivity index (χ0) is 14.5. The predicted molar refractivity (Wildman–Crippen MR) is 75.4 cm³/mol. The maximum absolute atomic E-state index is 12.0. The first-order valence-electron chi connectivity index (χ1n) is 6.84. The second-order valence-corrected chi connectivity index (χ2v) is 4.99. The van der Waals surface area contributed by atoms with Gasteiger partial charge in [0, 0.05) is 0 Å². The molecule has 2 N–H and O–H groups in total. The van der Waals surface area contributed by atoms with Crippen molar-refractivity contribution in [3.8, 4) is 0 Å². The third-order valence-corrected chi connectivity index (χ3v) is 3.57. The Morgan fingerprint density at radius 1 is 1.35 bits per heavy atom. The van der Waals surface area contributed by atoms with Crippen LogP contribution in [0.15, 0.2) is 24.3 Å². The van der Waals surface area contributed by atoms with Gasteiger partial charge < -0.3 is 15.4 Å². The molecule has 1 unspecified atom stereocenters. The monoisotopic (exact) mass is 276 g/mol. The molecule has 1 amide bonds. The van der Waals surface area contributed by atoms with Crippen LogP contribution in [0.25, 0.3) is 0 Å². The van der Waals surface area contributed by atoms with Crippen LogP contribution >= 0.6 is 0 Å². The van der Waals surface area contributed by atoms with Crippen LogP contribution < -0.4 is 10.6 Å². The number of hydrogen-bond donors (Lipinski definition) is 2. The minimum Gasteiger partial charge on any atom is -0.465 e. The first kappa shape index (κ1) is 14.5. The van der Waals surface area contributed by atoms with Crippen molar-refractivity contribution in [3.63, 3.8) is 0 Å². The Bertz CT molecular complexity index is 478. The second-order valence-electron chi connectivity index (χ2n) is 4.99. The van der Waals surface area contributed by atoms with Crippen molar-refractivity contribution >= 4 is 11.9 Å². The molecule has 1 heterocycles. The highest BCUT2D eigenvalue weighted by Crippen LogP contribution is 2.15. The van der Waals surface area contributed by atoms with E-state index in [4.69, 9.17) is 0 Å². The van der Waals surface area contributed by atoms with Gasteiger partial charge in [0.2, 0.25) is 5.91 Å². The van der Waals surface area contributed by atoms with Gasteiger partial charge in [0.05, 0.1) is 24.8 Å². The fourth-order valence-corrected chi connectivity index (χ4v) is 2.33. The van der Waals surface area contributed by atoms with Crippen molar-refractivity contribution < 1.29 is 14.3 Å². The number of benzene rings is 1. The van der Waals surface area contributed by atoms with E-state index in [2.05, 4.69) is 15.4 Å². The zero-order valence-electron chi connectivity index (χ0n) is 11.8. The molecule has 1 saturated heterocycles. The zero-order valence-corrected chi connectivity index (χ0v) is 11.8. The number of amides is 1. The fourth-order valence-electron chi connectivity index (χ4n) is 2.33. The average Bonchev–Trinajstić information content (AvgIpc) is 3.01. The van der Waals surface area contributed by atoms with Crippen LogP contribution in [0.3, 0.4) is 0 Å². The lowest BCUT2D eigenvalue weighted by atomic mass is 10.1. The Labute approximate surface area is 118 Å². The molecule has 1 aliphatic heterocycles. The van der Waals surface area contributed by atoms with Gasteiger partial charge in [-0.1, -0.05) is 12.1 Å². The van der Waals surface area contributed by atoms with Crippen LogP contribution in [0.5, 0.6) is 0 Å². The lowest BCUT2D eigenvalue weighted by molar-refractivity contribution is -0.123. The van der Waals surface area contributed by atoms with Crippen LogP contribution in [0.2, 0.25) is 0 Å². The Balaban J connectivity index is 1.96. The highest BCUT2D eigenvalue weighted by molar-refractivity contribution is 5.89. The van der Waals surface area contributed by atoms with Gasteiger partial charge in [0.15, 0.2) is 0 Å². The summed E-state index contributed by atoms with van der Waals surface area (Å²) in [6.45, 7) is 2.83.